The van der Waals surface area contributed by atoms with Gasteiger partial charge in [0.05, 0.1) is 0 Å². The van der Waals surface area contributed by atoms with Crippen molar-refractivity contribution >= 4 is 30.1 Å². The number of ether oxygens (including phenoxy) is 2. The average Bonchev–Trinajstić information content (AvgIpc) is 2.78. The predicted molar refractivity (Wildman–Crippen MR) is 77.5 cm³/mol. The van der Waals surface area contributed by atoms with Crippen LogP contribution in [0.4, 0.5) is 26.3 Å². The summed E-state index contributed by atoms with van der Waals surface area (Å²) < 4.78 is 70.3. The first-order chi connectivity index (χ1) is 12.4. The maximum absolute atomic E-state index is 10.8. The van der Waals surface area contributed by atoms with Gasteiger partial charge in [-0.25, -0.2) is 0 Å². The van der Waals surface area contributed by atoms with E-state index in [4.69, 9.17) is 9.59 Å². The van der Waals surface area contributed by atoms with E-state index < -0.39 is 12.7 Å². The van der Waals surface area contributed by atoms with Crippen molar-refractivity contribution in [1.29, 1.82) is 0 Å². The molecule has 2 rings (SSSR count). The van der Waals surface area contributed by atoms with Crippen molar-refractivity contribution in [2.45, 2.75) is 19.6 Å². The van der Waals surface area contributed by atoms with Crippen molar-refractivity contribution in [3.05, 3.63) is 35.5 Å². The van der Waals surface area contributed by atoms with Gasteiger partial charge < -0.3 is 28.4 Å². The van der Waals surface area contributed by atoms with Gasteiger partial charge in [0.15, 0.2) is 0 Å². The number of hydrogen-bond acceptors (Lipinski definition) is 5. The number of rotatable bonds is 3. The van der Waals surface area contributed by atoms with Gasteiger partial charge in [-0.3, -0.25) is 0 Å². The number of alkyl halides is 6. The van der Waals surface area contributed by atoms with Gasteiger partial charge in [-0.2, -0.15) is 0 Å². The topological polar surface area (TPSA) is 74.6 Å². The molecule has 1 aromatic carbocycles. The smallest absolute Gasteiger partial charge is 0.576 e. The molecule has 6 nitrogen and oxygen atoms in total. The third kappa shape index (κ3) is 10.1. The van der Waals surface area contributed by atoms with Crippen LogP contribution in [0.25, 0.3) is 10.9 Å². The summed E-state index contributed by atoms with van der Waals surface area (Å²) in [4.78, 5) is 28.3. The van der Waals surface area contributed by atoms with E-state index in [2.05, 4.69) is 15.5 Å². The maximum atomic E-state index is 10.8. The van der Waals surface area contributed by atoms with Crippen LogP contribution in [-0.2, 0) is 47.8 Å². The quantitative estimate of drug-likeness (QED) is 0.313. The van der Waals surface area contributed by atoms with E-state index in [1.165, 1.54) is 0 Å². The van der Waals surface area contributed by atoms with E-state index in [1.54, 1.807) is 0 Å². The second kappa shape index (κ2) is 12.2. The molecule has 0 aliphatic heterocycles. The van der Waals surface area contributed by atoms with E-state index in [-0.39, 0.29) is 34.7 Å². The largest absolute Gasteiger partial charge is 3.00 e. The second-order valence-electron chi connectivity index (χ2n) is 4.37. The summed E-state index contributed by atoms with van der Waals surface area (Å²) in [5.41, 5.74) is 2.80. The fourth-order valence-electron chi connectivity index (χ4n) is 1.70. The molecule has 151 valence electrons. The van der Waals surface area contributed by atoms with Gasteiger partial charge in [-0.05, 0) is 23.7 Å². The average molecular weight is 446 g/mol. The first-order valence-corrected chi connectivity index (χ1v) is 6.52. The van der Waals surface area contributed by atoms with Crippen molar-refractivity contribution in [2.24, 2.45) is 7.05 Å². The minimum absolute atomic E-state index is 0. The Hall–Kier alpha value is -2.34. The molecule has 0 N–H and O–H groups in total. The van der Waals surface area contributed by atoms with Crippen LogP contribution < -0.4 is 0 Å². The molecule has 0 atom stereocenters. The molecule has 0 spiro atoms. The summed E-state index contributed by atoms with van der Waals surface area (Å²) in [5, 5.41) is 0.914. The molecule has 2 aromatic rings. The molecule has 1 heterocycles. The number of carbonyl (C=O) groups is 1. The molecule has 0 unspecified atom stereocenters. The Morgan fingerprint density at radius 3 is 1.86 bits per heavy atom. The van der Waals surface area contributed by atoms with E-state index in [1.807, 2.05) is 36.7 Å². The molecule has 13 heteroatoms. The fraction of sp³-hybridized carbons (Fsp3) is 0.267. The Bertz CT molecular complexity index is 753. The number of nitrogens with zero attached hydrogens (tertiary/aromatic N) is 1. The van der Waals surface area contributed by atoms with Crippen LogP contribution in [0.5, 0.6) is 0 Å². The summed E-state index contributed by atoms with van der Waals surface area (Å²) in [7, 11) is 1.96. The molecule has 0 saturated heterocycles. The maximum Gasteiger partial charge on any atom is 3.00 e. The Labute approximate surface area is 169 Å². The zero-order valence-corrected chi connectivity index (χ0v) is 15.6. The second-order valence-corrected chi connectivity index (χ2v) is 4.37. The van der Waals surface area contributed by atoms with Gasteiger partial charge in [0.1, 0.15) is 6.29 Å². The standard InChI is InChI=1S/C11H10NO.2C2F3O2.Ti/c1-8-10(7-13)9-5-3-4-6-11(9)12(8)2;2*3-2(4,5)7-1-6;/h3-4,6-7H,1-2H3;;;/q3*-1;+3. The van der Waals surface area contributed by atoms with Crippen LogP contribution in [0.3, 0.4) is 0 Å². The minimum atomic E-state index is -4.87. The van der Waals surface area contributed by atoms with Crippen LogP contribution in [0, 0.1) is 13.0 Å². The SMILES string of the molecule is Cc1c(C=O)c2[c-]cccc2n1C.O=[C-]OC(F)(F)F.O=[C-]OC(F)(F)F.[Ti+3]. The van der Waals surface area contributed by atoms with Crippen LogP contribution in [0.15, 0.2) is 18.2 Å². The van der Waals surface area contributed by atoms with Gasteiger partial charge in [-0.15, -0.1) is 56.0 Å². The number of hydrogen-bond donors (Lipinski definition) is 0. The molecule has 0 aliphatic carbocycles. The number of halogens is 6. The van der Waals surface area contributed by atoms with Crippen molar-refractivity contribution < 1.29 is 71.9 Å². The molecule has 0 fully saturated rings. The molecule has 28 heavy (non-hydrogen) atoms. The van der Waals surface area contributed by atoms with E-state index in [9.17, 15) is 31.1 Å². The van der Waals surface area contributed by atoms with E-state index in [0.29, 0.717) is 0 Å². The van der Waals surface area contributed by atoms with Crippen molar-refractivity contribution in [2.75, 3.05) is 0 Å². The van der Waals surface area contributed by atoms with Crippen LogP contribution >= 0.6 is 0 Å². The molecular weight excluding hydrogens is 436 g/mol. The molecule has 0 saturated carbocycles. The Kier molecular flexibility index (Phi) is 12.1. The zero-order chi connectivity index (χ0) is 21.3. The van der Waals surface area contributed by atoms with Gasteiger partial charge >= 0.3 is 34.4 Å². The minimum Gasteiger partial charge on any atom is -0.576 e. The Morgan fingerprint density at radius 2 is 1.54 bits per heavy atom. The van der Waals surface area contributed by atoms with Crippen molar-refractivity contribution in [1.82, 2.24) is 4.57 Å². The Balaban J connectivity index is 0. The van der Waals surface area contributed by atoms with Crippen molar-refractivity contribution in [3.63, 3.8) is 0 Å². The number of fused-ring (bicyclic) bond motifs is 1. The molecule has 1 radical (unpaired) electrons. The number of aromatic nitrogens is 1. The first kappa shape index (κ1) is 27.9. The van der Waals surface area contributed by atoms with Gasteiger partial charge in [0.25, 0.3) is 0 Å². The van der Waals surface area contributed by atoms with Crippen LogP contribution in [0.2, 0.25) is 0 Å². The third-order valence-corrected chi connectivity index (χ3v) is 2.79. The number of aldehydes is 1. The normalized spacial score (nSPS) is 10.3. The number of benzene rings is 1. The molecule has 0 amide bonds. The van der Waals surface area contributed by atoms with Crippen LogP contribution in [-0.4, -0.2) is 36.5 Å². The summed E-state index contributed by atoms with van der Waals surface area (Å²) in [6, 6.07) is 8.83. The van der Waals surface area contributed by atoms with E-state index >= 15 is 0 Å². The summed E-state index contributed by atoms with van der Waals surface area (Å²) in [6.45, 7) is 2.41. The zero-order valence-electron chi connectivity index (χ0n) is 14.1. The third-order valence-electron chi connectivity index (χ3n) is 2.79. The molecule has 0 bridgehead atoms. The summed E-state index contributed by atoms with van der Waals surface area (Å²) in [5.74, 6) is 0. The molecule has 0 aliphatic rings. The van der Waals surface area contributed by atoms with Gasteiger partial charge in [0, 0.05) is 7.05 Å². The fourth-order valence-corrected chi connectivity index (χ4v) is 1.70. The van der Waals surface area contributed by atoms with Crippen LogP contribution in [0.1, 0.15) is 16.1 Å². The monoisotopic (exact) mass is 446 g/mol. The molecule has 1 aromatic heterocycles. The number of aryl methyl sites for hydroxylation is 1. The number of carbonyl (C=O) groups excluding carboxylic acids is 3. The summed E-state index contributed by atoms with van der Waals surface area (Å²) in [6.07, 6.45) is -8.85. The van der Waals surface area contributed by atoms with Crippen molar-refractivity contribution in [3.8, 4) is 0 Å². The summed E-state index contributed by atoms with van der Waals surface area (Å²) >= 11 is 0. The van der Waals surface area contributed by atoms with Gasteiger partial charge in [-0.1, -0.05) is 12.9 Å². The predicted octanol–water partition coefficient (Wildman–Crippen LogP) is 3.28. The Morgan fingerprint density at radius 1 is 1.07 bits per heavy atom. The van der Waals surface area contributed by atoms with E-state index in [0.717, 1.165) is 28.4 Å². The van der Waals surface area contributed by atoms with Gasteiger partial charge in [0.2, 0.25) is 0 Å². The first-order valence-electron chi connectivity index (χ1n) is 6.52. The molecular formula is C15H10F6NO5Ti.